The Kier molecular flexibility index (Phi) is 3.26. The Hall–Kier alpha value is -1.08. The van der Waals surface area contributed by atoms with E-state index in [0.717, 1.165) is 16.8 Å². The highest BCUT2D eigenvalue weighted by Gasteiger charge is 1.97. The van der Waals surface area contributed by atoms with Gasteiger partial charge in [0.1, 0.15) is 5.17 Å². The summed E-state index contributed by atoms with van der Waals surface area (Å²) < 4.78 is 0. The van der Waals surface area contributed by atoms with Crippen molar-refractivity contribution in [2.75, 3.05) is 0 Å². The fraction of sp³-hybridized carbons (Fsp3) is 0.182. The van der Waals surface area contributed by atoms with E-state index in [4.69, 9.17) is 11.6 Å². The van der Waals surface area contributed by atoms with Crippen LogP contribution in [0.25, 0.3) is 0 Å². The van der Waals surface area contributed by atoms with Gasteiger partial charge in [0.2, 0.25) is 0 Å². The highest BCUT2D eigenvalue weighted by molar-refractivity contribution is 6.69. The largest absolute Gasteiger partial charge is 0.236 e. The predicted molar refractivity (Wildman–Crippen MR) is 58.9 cm³/mol. The topological polar surface area (TPSA) is 12.4 Å². The Morgan fingerprint density at radius 2 is 2.00 bits per heavy atom. The number of aryl methyl sites for hydroxylation is 1. The number of allylic oxidation sites excluding steroid dienone is 1. The zero-order valence-corrected chi connectivity index (χ0v) is 8.60. The molecule has 0 aliphatic heterocycles. The molecule has 0 aliphatic carbocycles. The van der Waals surface area contributed by atoms with Gasteiger partial charge in [-0.2, -0.15) is 0 Å². The third kappa shape index (κ3) is 2.71. The van der Waals surface area contributed by atoms with Crippen LogP contribution in [0.1, 0.15) is 12.5 Å². The summed E-state index contributed by atoms with van der Waals surface area (Å²) in [5.41, 5.74) is 2.79. The lowest BCUT2D eigenvalue weighted by Crippen LogP contribution is -1.86. The molecule has 0 fully saturated rings. The van der Waals surface area contributed by atoms with E-state index in [1.165, 1.54) is 0 Å². The van der Waals surface area contributed by atoms with E-state index in [1.54, 1.807) is 0 Å². The molecule has 0 saturated carbocycles. The molecule has 0 amide bonds. The first-order chi connectivity index (χ1) is 6.11. The highest BCUT2D eigenvalue weighted by atomic mass is 35.5. The van der Waals surface area contributed by atoms with Gasteiger partial charge in [-0.25, -0.2) is 4.99 Å². The molecule has 0 atom stereocenters. The molecule has 1 nitrogen and oxygen atoms in total. The minimum absolute atomic E-state index is 0.467. The summed E-state index contributed by atoms with van der Waals surface area (Å²) in [7, 11) is 0. The number of benzene rings is 1. The summed E-state index contributed by atoms with van der Waals surface area (Å²) in [6.45, 7) is 7.56. The van der Waals surface area contributed by atoms with E-state index >= 15 is 0 Å². The van der Waals surface area contributed by atoms with E-state index < -0.39 is 0 Å². The first kappa shape index (κ1) is 10.0. The van der Waals surface area contributed by atoms with Crippen LogP contribution in [0, 0.1) is 6.92 Å². The maximum Gasteiger partial charge on any atom is 0.132 e. The lowest BCUT2D eigenvalue weighted by atomic mass is 10.2. The Morgan fingerprint density at radius 3 is 2.54 bits per heavy atom. The number of halogens is 1. The molecule has 1 aromatic carbocycles. The van der Waals surface area contributed by atoms with Crippen molar-refractivity contribution >= 4 is 22.5 Å². The molecule has 0 aliphatic rings. The second kappa shape index (κ2) is 4.24. The third-order valence-corrected chi connectivity index (χ3v) is 2.09. The molecule has 13 heavy (non-hydrogen) atoms. The molecule has 0 spiro atoms. The van der Waals surface area contributed by atoms with Crippen LogP contribution in [-0.2, 0) is 0 Å². The van der Waals surface area contributed by atoms with Crippen LogP contribution in [0.3, 0.4) is 0 Å². The van der Waals surface area contributed by atoms with E-state index in [2.05, 4.69) is 11.6 Å². The number of rotatable bonds is 2. The zero-order chi connectivity index (χ0) is 9.84. The first-order valence-corrected chi connectivity index (χ1v) is 4.45. The highest BCUT2D eigenvalue weighted by Crippen LogP contribution is 2.19. The van der Waals surface area contributed by atoms with Crippen molar-refractivity contribution in [2.45, 2.75) is 13.8 Å². The molecule has 1 aromatic rings. The summed E-state index contributed by atoms with van der Waals surface area (Å²) in [4.78, 5) is 4.24. The Labute approximate surface area is 83.8 Å². The van der Waals surface area contributed by atoms with Crippen LogP contribution < -0.4 is 0 Å². The van der Waals surface area contributed by atoms with Crippen molar-refractivity contribution in [1.82, 2.24) is 0 Å². The molecule has 0 heterocycles. The van der Waals surface area contributed by atoms with Gasteiger partial charge in [0.25, 0.3) is 0 Å². The van der Waals surface area contributed by atoms with Crippen molar-refractivity contribution in [2.24, 2.45) is 4.99 Å². The molecule has 1 rings (SSSR count). The van der Waals surface area contributed by atoms with Crippen molar-refractivity contribution in [3.63, 3.8) is 0 Å². The predicted octanol–water partition coefficient (Wildman–Crippen LogP) is 3.84. The number of nitrogens with zero attached hydrogens (tertiary/aromatic N) is 1. The molecule has 68 valence electrons. The average molecular weight is 194 g/mol. The van der Waals surface area contributed by atoms with E-state index in [-0.39, 0.29) is 0 Å². The fourth-order valence-electron chi connectivity index (χ4n) is 0.890. The second-order valence-corrected chi connectivity index (χ2v) is 3.33. The number of hydrogen-bond donors (Lipinski definition) is 0. The smallest absolute Gasteiger partial charge is 0.132 e. The van der Waals surface area contributed by atoms with Crippen LogP contribution in [-0.4, -0.2) is 5.17 Å². The molecule has 0 bridgehead atoms. The molecule has 0 aromatic heterocycles. The SMILES string of the molecule is C=C(C)C(Cl)=Nc1ccccc1C. The maximum absolute atomic E-state index is 5.87. The normalized spacial score (nSPS) is 11.5. The lowest BCUT2D eigenvalue weighted by molar-refractivity contribution is 1.40. The van der Waals surface area contributed by atoms with Crippen LogP contribution in [0.2, 0.25) is 0 Å². The third-order valence-electron chi connectivity index (χ3n) is 1.69. The van der Waals surface area contributed by atoms with E-state index in [0.29, 0.717) is 5.17 Å². The fourth-order valence-corrected chi connectivity index (χ4v) is 0.981. The summed E-state index contributed by atoms with van der Waals surface area (Å²) in [5, 5.41) is 0.467. The van der Waals surface area contributed by atoms with Crippen molar-refractivity contribution in [3.05, 3.63) is 42.0 Å². The molecular weight excluding hydrogens is 182 g/mol. The molecular formula is C11H12ClN. The molecule has 0 radical (unpaired) electrons. The van der Waals surface area contributed by atoms with Crippen molar-refractivity contribution in [1.29, 1.82) is 0 Å². The van der Waals surface area contributed by atoms with Gasteiger partial charge in [-0.05, 0) is 31.1 Å². The monoisotopic (exact) mass is 193 g/mol. The summed E-state index contributed by atoms with van der Waals surface area (Å²) in [5.74, 6) is 0. The Balaban J connectivity index is 3.04. The van der Waals surface area contributed by atoms with Gasteiger partial charge in [-0.3, -0.25) is 0 Å². The van der Waals surface area contributed by atoms with Gasteiger partial charge in [-0.15, -0.1) is 0 Å². The maximum atomic E-state index is 5.87. The standard InChI is InChI=1S/C11H12ClN/c1-8(2)11(12)13-10-7-5-4-6-9(10)3/h4-7H,1H2,2-3H3. The van der Waals surface area contributed by atoms with Gasteiger partial charge < -0.3 is 0 Å². The van der Waals surface area contributed by atoms with Crippen LogP contribution in [0.15, 0.2) is 41.4 Å². The van der Waals surface area contributed by atoms with Gasteiger partial charge in [0.05, 0.1) is 5.69 Å². The number of hydrogen-bond acceptors (Lipinski definition) is 1. The second-order valence-electron chi connectivity index (χ2n) is 2.97. The molecule has 0 unspecified atom stereocenters. The minimum atomic E-state index is 0.467. The van der Waals surface area contributed by atoms with E-state index in [9.17, 15) is 0 Å². The van der Waals surface area contributed by atoms with Gasteiger partial charge >= 0.3 is 0 Å². The Morgan fingerprint density at radius 1 is 1.38 bits per heavy atom. The number of aliphatic imine (C=N–C) groups is 1. The minimum Gasteiger partial charge on any atom is -0.236 e. The number of para-hydroxylation sites is 1. The van der Waals surface area contributed by atoms with Crippen LogP contribution in [0.5, 0.6) is 0 Å². The zero-order valence-electron chi connectivity index (χ0n) is 7.84. The van der Waals surface area contributed by atoms with Gasteiger partial charge in [-0.1, -0.05) is 36.4 Å². The molecule has 2 heteroatoms. The first-order valence-electron chi connectivity index (χ1n) is 4.07. The molecule has 0 saturated heterocycles. The van der Waals surface area contributed by atoms with Gasteiger partial charge in [0.15, 0.2) is 0 Å². The van der Waals surface area contributed by atoms with Crippen LogP contribution in [0.4, 0.5) is 5.69 Å². The summed E-state index contributed by atoms with van der Waals surface area (Å²) in [6.07, 6.45) is 0. The average Bonchev–Trinajstić information content (AvgIpc) is 2.08. The quantitative estimate of drug-likeness (QED) is 0.633. The van der Waals surface area contributed by atoms with Gasteiger partial charge in [0, 0.05) is 0 Å². The van der Waals surface area contributed by atoms with Crippen molar-refractivity contribution < 1.29 is 0 Å². The molecule has 0 N–H and O–H groups in total. The Bertz CT molecular complexity index is 353. The van der Waals surface area contributed by atoms with E-state index in [1.807, 2.05) is 38.1 Å². The summed E-state index contributed by atoms with van der Waals surface area (Å²) >= 11 is 5.87. The van der Waals surface area contributed by atoms with Crippen LogP contribution >= 0.6 is 11.6 Å². The summed E-state index contributed by atoms with van der Waals surface area (Å²) in [6, 6.07) is 7.85. The lowest BCUT2D eigenvalue weighted by Gasteiger charge is -2.00. The van der Waals surface area contributed by atoms with Crippen molar-refractivity contribution in [3.8, 4) is 0 Å².